The Kier molecular flexibility index (Phi) is 7.12. The van der Waals surface area contributed by atoms with Gasteiger partial charge in [-0.1, -0.05) is 19.3 Å². The number of carbonyl (C=O) groups excluding carboxylic acids is 2. The third-order valence-corrected chi connectivity index (χ3v) is 9.81. The number of hydrogen-bond donors (Lipinski definition) is 2. The molecule has 10 nitrogen and oxygen atoms in total. The van der Waals surface area contributed by atoms with E-state index in [1.165, 1.54) is 0 Å². The fourth-order valence-electron chi connectivity index (χ4n) is 7.57. The van der Waals surface area contributed by atoms with Crippen LogP contribution in [0.25, 0.3) is 28.1 Å². The van der Waals surface area contributed by atoms with Gasteiger partial charge in [0.05, 0.1) is 30.2 Å². The van der Waals surface area contributed by atoms with Crippen LogP contribution < -0.4 is 15.8 Å². The van der Waals surface area contributed by atoms with Crippen molar-refractivity contribution in [1.29, 1.82) is 0 Å². The van der Waals surface area contributed by atoms with Crippen molar-refractivity contribution in [2.24, 2.45) is 5.73 Å². The van der Waals surface area contributed by atoms with Gasteiger partial charge in [0.1, 0.15) is 17.0 Å². The van der Waals surface area contributed by atoms with Crippen molar-refractivity contribution in [3.8, 4) is 17.3 Å². The normalized spacial score (nSPS) is 24.6. The van der Waals surface area contributed by atoms with Crippen LogP contribution in [0, 0.1) is 6.92 Å². The highest BCUT2D eigenvalue weighted by atomic mass is 16.5. The molecule has 7 rings (SSSR count). The lowest BCUT2D eigenvalue weighted by Crippen LogP contribution is -2.40. The number of ether oxygens (including phenoxy) is 1. The Balaban J connectivity index is 1.32. The lowest BCUT2D eigenvalue weighted by molar-refractivity contribution is -0.121. The molecule has 2 amide bonds. The maximum Gasteiger partial charge on any atom is 0.254 e. The molecular weight excluding hydrogens is 542 g/mol. The Labute approximate surface area is 251 Å². The number of nitrogens with two attached hydrogens (primary N) is 1. The zero-order valence-corrected chi connectivity index (χ0v) is 25.3. The molecule has 0 spiro atoms. The summed E-state index contributed by atoms with van der Waals surface area (Å²) in [5.74, 6) is 0.661. The average Bonchev–Trinajstić information content (AvgIpc) is 3.74. The minimum Gasteiger partial charge on any atom is -0.482 e. The van der Waals surface area contributed by atoms with Gasteiger partial charge in [-0.05, 0) is 70.2 Å². The second kappa shape index (κ2) is 11.0. The quantitative estimate of drug-likeness (QED) is 0.354. The van der Waals surface area contributed by atoms with Crippen molar-refractivity contribution in [3.63, 3.8) is 0 Å². The van der Waals surface area contributed by atoms with E-state index < -0.39 is 0 Å². The summed E-state index contributed by atoms with van der Waals surface area (Å²) in [6.45, 7) is 4.86. The molecule has 3 aliphatic rings. The summed E-state index contributed by atoms with van der Waals surface area (Å²) in [6, 6.07) is 10.2. The second-order valence-corrected chi connectivity index (χ2v) is 12.6. The van der Waals surface area contributed by atoms with E-state index in [4.69, 9.17) is 20.4 Å². The molecule has 10 heteroatoms. The first-order valence-corrected chi connectivity index (χ1v) is 15.8. The smallest absolute Gasteiger partial charge is 0.254 e. The van der Waals surface area contributed by atoms with E-state index in [0.29, 0.717) is 23.5 Å². The molecule has 43 heavy (non-hydrogen) atoms. The largest absolute Gasteiger partial charge is 0.482 e. The van der Waals surface area contributed by atoms with Crippen molar-refractivity contribution in [2.45, 2.75) is 102 Å². The lowest BCUT2D eigenvalue weighted by Gasteiger charge is -2.23. The van der Waals surface area contributed by atoms with Crippen LogP contribution in [0.5, 0.6) is 5.88 Å². The van der Waals surface area contributed by atoms with Crippen molar-refractivity contribution < 1.29 is 14.3 Å². The predicted octanol–water partition coefficient (Wildman–Crippen LogP) is 4.90. The van der Waals surface area contributed by atoms with Crippen LogP contribution in [0.4, 0.5) is 0 Å². The van der Waals surface area contributed by atoms with Crippen molar-refractivity contribution in [3.05, 3.63) is 47.3 Å². The van der Waals surface area contributed by atoms with Gasteiger partial charge in [-0.25, -0.2) is 9.97 Å². The first-order valence-electron chi connectivity index (χ1n) is 15.8. The van der Waals surface area contributed by atoms with E-state index in [2.05, 4.69) is 22.0 Å². The number of methoxy groups -OCH3 is 1. The van der Waals surface area contributed by atoms with E-state index in [1.54, 1.807) is 7.11 Å². The average molecular weight is 584 g/mol. The first kappa shape index (κ1) is 27.9. The number of aryl methyl sites for hydroxylation is 2. The molecule has 3 aliphatic heterocycles. The molecule has 0 saturated carbocycles. The first-order chi connectivity index (χ1) is 20.8. The fraction of sp³-hybridized carbons (Fsp3) is 0.515. The Morgan fingerprint density at radius 3 is 2.65 bits per heavy atom. The molecule has 0 radical (unpaired) electrons. The van der Waals surface area contributed by atoms with Crippen LogP contribution >= 0.6 is 0 Å². The number of fused-ring (bicyclic) bond motifs is 4. The number of carbonyl (C=O) groups is 2. The molecule has 4 aromatic rings. The van der Waals surface area contributed by atoms with Crippen molar-refractivity contribution in [1.82, 2.24) is 29.2 Å². The predicted molar refractivity (Wildman–Crippen MR) is 165 cm³/mol. The number of nitrogens with one attached hydrogen (secondary N) is 1. The number of amides is 2. The van der Waals surface area contributed by atoms with Crippen molar-refractivity contribution >= 4 is 28.5 Å². The summed E-state index contributed by atoms with van der Waals surface area (Å²) in [7, 11) is 1.63. The number of aromatic nitrogens is 4. The fourth-order valence-corrected chi connectivity index (χ4v) is 7.57. The van der Waals surface area contributed by atoms with Gasteiger partial charge in [0.15, 0.2) is 5.88 Å². The lowest BCUT2D eigenvalue weighted by atomic mass is 9.97. The summed E-state index contributed by atoms with van der Waals surface area (Å²) in [6.07, 6.45) is 8.57. The number of imidazole rings is 1. The molecule has 0 aliphatic carbocycles. The topological polar surface area (TPSA) is 120 Å². The number of nitrogens with zero attached hydrogens (tertiary/aromatic N) is 5. The zero-order valence-electron chi connectivity index (χ0n) is 25.3. The molecular formula is C33H41N7O3. The Morgan fingerprint density at radius 2 is 1.88 bits per heavy atom. The minimum atomic E-state index is -0.177. The molecule has 2 fully saturated rings. The molecule has 0 unspecified atom stereocenters. The molecule has 3 N–H and O–H groups in total. The van der Waals surface area contributed by atoms with Gasteiger partial charge >= 0.3 is 0 Å². The van der Waals surface area contributed by atoms with E-state index in [0.717, 1.165) is 91.7 Å². The van der Waals surface area contributed by atoms with Gasteiger partial charge in [0.2, 0.25) is 5.91 Å². The summed E-state index contributed by atoms with van der Waals surface area (Å²) < 4.78 is 10.1. The standard InChI is InChI=1S/C33H41N7O3/c1-19-25-12-10-21-15-27(38(32(21)36-25)14-8-6-4-5-7-9-29(41)35-19)31-20(2)39-28(37-31)16-22(17-30(39)43-3)33(42)40-23-11-13-26(40)24(34)18-23/h10,12,15-17,19,23-24,26H,4-9,11,13-14,18,34H2,1-3H3,(H,35,41)/t19-,23+,24-,26-/m1/s1. The Bertz CT molecular complexity index is 1720. The highest BCUT2D eigenvalue weighted by molar-refractivity contribution is 5.96. The van der Waals surface area contributed by atoms with Gasteiger partial charge in [0, 0.05) is 48.1 Å². The summed E-state index contributed by atoms with van der Waals surface area (Å²) >= 11 is 0. The van der Waals surface area contributed by atoms with Crippen LogP contribution in [0.15, 0.2) is 30.3 Å². The molecule has 4 atom stereocenters. The summed E-state index contributed by atoms with van der Waals surface area (Å²) in [5.41, 5.74) is 12.1. The molecule has 226 valence electrons. The van der Waals surface area contributed by atoms with Gasteiger partial charge < -0.3 is 25.3 Å². The Hall–Kier alpha value is -3.92. The molecule has 4 aromatic heterocycles. The SMILES string of the molecule is COc1cc(C(=O)N2[C@H]3CC[C@@H]2[C@H](N)C3)cc2nc(-c3cc4ccc5nc4n3CCCCCCCC(=O)N[C@@H]5C)c(C)n12. The van der Waals surface area contributed by atoms with Crippen LogP contribution in [0.3, 0.4) is 0 Å². The van der Waals surface area contributed by atoms with Gasteiger partial charge in [0.25, 0.3) is 5.91 Å². The van der Waals surface area contributed by atoms with Crippen LogP contribution in [0.2, 0.25) is 0 Å². The van der Waals surface area contributed by atoms with E-state index >= 15 is 0 Å². The molecule has 0 aromatic carbocycles. The Morgan fingerprint density at radius 1 is 1.07 bits per heavy atom. The maximum absolute atomic E-state index is 13.8. The van der Waals surface area contributed by atoms with Crippen LogP contribution in [-0.4, -0.2) is 60.9 Å². The third kappa shape index (κ3) is 4.76. The summed E-state index contributed by atoms with van der Waals surface area (Å²) in [5, 5.41) is 4.15. The van der Waals surface area contributed by atoms with Crippen molar-refractivity contribution in [2.75, 3.05) is 7.11 Å². The van der Waals surface area contributed by atoms with Gasteiger partial charge in [-0.2, -0.15) is 0 Å². The third-order valence-electron chi connectivity index (χ3n) is 9.81. The minimum absolute atomic E-state index is 0.00339. The monoisotopic (exact) mass is 583 g/mol. The van der Waals surface area contributed by atoms with E-state index in [9.17, 15) is 9.59 Å². The highest BCUT2D eigenvalue weighted by Gasteiger charge is 2.47. The van der Waals surface area contributed by atoms with E-state index in [-0.39, 0.29) is 36.0 Å². The van der Waals surface area contributed by atoms with Gasteiger partial charge in [-0.3, -0.25) is 14.0 Å². The van der Waals surface area contributed by atoms with Crippen LogP contribution in [-0.2, 0) is 11.3 Å². The second-order valence-electron chi connectivity index (χ2n) is 12.6. The maximum atomic E-state index is 13.8. The van der Waals surface area contributed by atoms with E-state index in [1.807, 2.05) is 41.3 Å². The molecule has 7 heterocycles. The van der Waals surface area contributed by atoms with Gasteiger partial charge in [-0.15, -0.1) is 0 Å². The number of rotatable bonds is 3. The van der Waals surface area contributed by atoms with Crippen LogP contribution in [0.1, 0.15) is 92.5 Å². The molecule has 4 bridgehead atoms. The molecule has 2 saturated heterocycles. The number of pyridine rings is 2. The highest BCUT2D eigenvalue weighted by Crippen LogP contribution is 2.39. The zero-order chi connectivity index (χ0) is 29.8. The summed E-state index contributed by atoms with van der Waals surface area (Å²) in [4.78, 5) is 38.4. The number of hydrogen-bond acceptors (Lipinski definition) is 6.